The second-order valence-corrected chi connectivity index (χ2v) is 6.93. The summed E-state index contributed by atoms with van der Waals surface area (Å²) >= 11 is 5.79. The minimum absolute atomic E-state index is 0.178. The standard InChI is InChI=1S/C15H14ClF2NO2S/c16-12-7-5-11(6-8-12)9-10-19-13-3-1-2-4-14(13)22(20,21)15(17)18/h1-8,15,19H,9-10H2. The number of halogens is 3. The fourth-order valence-electron chi connectivity index (χ4n) is 1.95. The SMILES string of the molecule is O=S(=O)(c1ccccc1NCCc1ccc(Cl)cc1)C(F)F. The minimum atomic E-state index is -4.62. The van der Waals surface area contributed by atoms with Gasteiger partial charge in [-0.25, -0.2) is 8.42 Å². The van der Waals surface area contributed by atoms with Crippen LogP contribution in [0.5, 0.6) is 0 Å². The van der Waals surface area contributed by atoms with E-state index in [0.717, 1.165) is 5.56 Å². The zero-order chi connectivity index (χ0) is 16.2. The van der Waals surface area contributed by atoms with Crippen LogP contribution in [-0.2, 0) is 16.3 Å². The van der Waals surface area contributed by atoms with Crippen molar-refractivity contribution in [2.75, 3.05) is 11.9 Å². The van der Waals surface area contributed by atoms with E-state index in [4.69, 9.17) is 11.6 Å². The third-order valence-electron chi connectivity index (χ3n) is 3.07. The number of hydrogen-bond acceptors (Lipinski definition) is 3. The zero-order valence-corrected chi connectivity index (χ0v) is 13.0. The molecule has 0 heterocycles. The van der Waals surface area contributed by atoms with Gasteiger partial charge in [0.1, 0.15) is 0 Å². The first-order valence-corrected chi connectivity index (χ1v) is 8.43. The lowest BCUT2D eigenvalue weighted by molar-refractivity contribution is 0.235. The van der Waals surface area contributed by atoms with Gasteiger partial charge < -0.3 is 5.32 Å². The molecule has 0 saturated heterocycles. The Balaban J connectivity index is 2.09. The van der Waals surface area contributed by atoms with Crippen molar-refractivity contribution in [2.24, 2.45) is 0 Å². The predicted molar refractivity (Wildman–Crippen MR) is 83.3 cm³/mol. The highest BCUT2D eigenvalue weighted by Gasteiger charge is 2.28. The van der Waals surface area contributed by atoms with Gasteiger partial charge in [0.25, 0.3) is 0 Å². The maximum Gasteiger partial charge on any atom is 0.341 e. The van der Waals surface area contributed by atoms with Crippen LogP contribution in [0.25, 0.3) is 0 Å². The maximum atomic E-state index is 12.7. The normalized spacial score (nSPS) is 11.6. The quantitative estimate of drug-likeness (QED) is 0.861. The van der Waals surface area contributed by atoms with Gasteiger partial charge in [-0.3, -0.25) is 0 Å². The third-order valence-corrected chi connectivity index (χ3v) is 4.76. The van der Waals surface area contributed by atoms with Crippen LogP contribution in [0.2, 0.25) is 5.02 Å². The summed E-state index contributed by atoms with van der Waals surface area (Å²) in [5.41, 5.74) is 1.18. The molecule has 2 rings (SSSR count). The maximum absolute atomic E-state index is 12.7. The van der Waals surface area contributed by atoms with Gasteiger partial charge in [-0.2, -0.15) is 8.78 Å². The summed E-state index contributed by atoms with van der Waals surface area (Å²) in [6, 6.07) is 12.9. The summed E-state index contributed by atoms with van der Waals surface area (Å²) in [4.78, 5) is -0.388. The molecular formula is C15H14ClF2NO2S. The summed E-state index contributed by atoms with van der Waals surface area (Å²) < 4.78 is 48.6. The molecule has 0 aliphatic carbocycles. The Kier molecular flexibility index (Phi) is 5.37. The van der Waals surface area contributed by atoms with Crippen molar-refractivity contribution in [1.29, 1.82) is 0 Å². The van der Waals surface area contributed by atoms with Crippen LogP contribution in [0.15, 0.2) is 53.4 Å². The molecule has 22 heavy (non-hydrogen) atoms. The van der Waals surface area contributed by atoms with Crippen LogP contribution < -0.4 is 5.32 Å². The molecule has 0 saturated carbocycles. The van der Waals surface area contributed by atoms with E-state index >= 15 is 0 Å². The van der Waals surface area contributed by atoms with Crippen molar-refractivity contribution in [2.45, 2.75) is 17.1 Å². The second kappa shape index (κ2) is 7.07. The molecule has 1 N–H and O–H groups in total. The average molecular weight is 346 g/mol. The van der Waals surface area contributed by atoms with Crippen LogP contribution in [0.3, 0.4) is 0 Å². The molecule has 0 aliphatic heterocycles. The molecule has 0 fully saturated rings. The number of anilines is 1. The molecule has 7 heteroatoms. The number of nitrogens with one attached hydrogen (secondary N) is 1. The largest absolute Gasteiger partial charge is 0.384 e. The van der Waals surface area contributed by atoms with Crippen molar-refractivity contribution in [3.63, 3.8) is 0 Å². The number of rotatable bonds is 6. The summed E-state index contributed by atoms with van der Waals surface area (Å²) in [7, 11) is -4.62. The van der Waals surface area contributed by atoms with E-state index in [1.54, 1.807) is 18.2 Å². The van der Waals surface area contributed by atoms with Crippen LogP contribution in [-0.4, -0.2) is 20.7 Å². The Hall–Kier alpha value is -1.66. The minimum Gasteiger partial charge on any atom is -0.384 e. The molecule has 0 atom stereocenters. The molecule has 118 valence electrons. The third kappa shape index (κ3) is 3.96. The average Bonchev–Trinajstić information content (AvgIpc) is 2.49. The van der Waals surface area contributed by atoms with Gasteiger partial charge in [0.05, 0.1) is 10.6 Å². The fourth-order valence-corrected chi connectivity index (χ4v) is 2.98. The molecule has 0 radical (unpaired) electrons. The van der Waals surface area contributed by atoms with Gasteiger partial charge in [-0.15, -0.1) is 0 Å². The van der Waals surface area contributed by atoms with E-state index < -0.39 is 15.6 Å². The summed E-state index contributed by atoms with van der Waals surface area (Å²) in [5.74, 6) is -3.44. The van der Waals surface area contributed by atoms with Gasteiger partial charge in [-0.1, -0.05) is 35.9 Å². The molecule has 0 spiro atoms. The van der Waals surface area contributed by atoms with Crippen LogP contribution in [0.1, 0.15) is 5.56 Å². The number of hydrogen-bond donors (Lipinski definition) is 1. The van der Waals surface area contributed by atoms with Crippen molar-refractivity contribution < 1.29 is 17.2 Å². The Morgan fingerprint density at radius 1 is 1.05 bits per heavy atom. The highest BCUT2D eigenvalue weighted by molar-refractivity contribution is 7.91. The molecule has 0 unspecified atom stereocenters. The van der Waals surface area contributed by atoms with Crippen molar-refractivity contribution in [1.82, 2.24) is 0 Å². The highest BCUT2D eigenvalue weighted by atomic mass is 35.5. The van der Waals surface area contributed by atoms with Crippen molar-refractivity contribution >= 4 is 27.1 Å². The van der Waals surface area contributed by atoms with E-state index in [2.05, 4.69) is 5.32 Å². The van der Waals surface area contributed by atoms with E-state index in [1.165, 1.54) is 18.2 Å². The molecule has 3 nitrogen and oxygen atoms in total. The molecule has 0 amide bonds. The van der Waals surface area contributed by atoms with E-state index in [-0.39, 0.29) is 10.6 Å². The number of benzene rings is 2. The molecule has 2 aromatic rings. The topological polar surface area (TPSA) is 46.2 Å². The molecule has 0 aromatic heterocycles. The summed E-state index contributed by atoms with van der Waals surface area (Å²) in [5, 5.41) is 3.52. The zero-order valence-electron chi connectivity index (χ0n) is 11.5. The lowest BCUT2D eigenvalue weighted by Crippen LogP contribution is -2.15. The van der Waals surface area contributed by atoms with E-state index in [0.29, 0.717) is 18.0 Å². The number of para-hydroxylation sites is 1. The lowest BCUT2D eigenvalue weighted by Gasteiger charge is -2.12. The van der Waals surface area contributed by atoms with Gasteiger partial charge in [0, 0.05) is 11.6 Å². The van der Waals surface area contributed by atoms with Gasteiger partial charge >= 0.3 is 5.76 Å². The van der Waals surface area contributed by atoms with Crippen molar-refractivity contribution in [3.05, 3.63) is 59.1 Å². The Morgan fingerprint density at radius 3 is 2.32 bits per heavy atom. The van der Waals surface area contributed by atoms with Crippen LogP contribution in [0.4, 0.5) is 14.5 Å². The van der Waals surface area contributed by atoms with E-state index in [9.17, 15) is 17.2 Å². The van der Waals surface area contributed by atoms with Crippen LogP contribution >= 0.6 is 11.6 Å². The monoisotopic (exact) mass is 345 g/mol. The Bertz CT molecular complexity index is 733. The fraction of sp³-hybridized carbons (Fsp3) is 0.200. The predicted octanol–water partition coefficient (Wildman–Crippen LogP) is 3.99. The lowest BCUT2D eigenvalue weighted by atomic mass is 10.1. The van der Waals surface area contributed by atoms with E-state index in [1.807, 2.05) is 12.1 Å². The smallest absolute Gasteiger partial charge is 0.341 e. The number of sulfone groups is 1. The first-order chi connectivity index (χ1) is 10.4. The number of alkyl halides is 2. The highest BCUT2D eigenvalue weighted by Crippen LogP contribution is 2.26. The summed E-state index contributed by atoms with van der Waals surface area (Å²) in [6.45, 7) is 0.414. The van der Waals surface area contributed by atoms with Gasteiger partial charge in [0.15, 0.2) is 0 Å². The van der Waals surface area contributed by atoms with Gasteiger partial charge in [-0.05, 0) is 36.2 Å². The Morgan fingerprint density at radius 2 is 1.68 bits per heavy atom. The summed E-state index contributed by atoms with van der Waals surface area (Å²) in [6.07, 6.45) is 0.611. The molecule has 0 bridgehead atoms. The first-order valence-electron chi connectivity index (χ1n) is 6.50. The second-order valence-electron chi connectivity index (χ2n) is 4.61. The molecule has 0 aliphatic rings. The van der Waals surface area contributed by atoms with Crippen molar-refractivity contribution in [3.8, 4) is 0 Å². The van der Waals surface area contributed by atoms with Gasteiger partial charge in [0.2, 0.25) is 9.84 Å². The molecular weight excluding hydrogens is 332 g/mol. The molecule has 2 aromatic carbocycles. The Labute approximate surface area is 132 Å². The first kappa shape index (κ1) is 16.7. The van der Waals surface area contributed by atoms with Crippen LogP contribution in [0, 0.1) is 0 Å².